The number of hydrogen-bond donors (Lipinski definition) is 0. The molecule has 0 bridgehead atoms. The van der Waals surface area contributed by atoms with Crippen LogP contribution in [0.3, 0.4) is 0 Å². The van der Waals surface area contributed by atoms with Gasteiger partial charge in [-0.1, -0.05) is 97.1 Å². The summed E-state index contributed by atoms with van der Waals surface area (Å²) in [7, 11) is 0. The molecule has 0 saturated carbocycles. The SMILES string of the molecule is c1ccc(C2c3c(ccc4ccccc34)Oc3ncn4nc(COc5cccc6ccccc56)nc4c32)cc1. The van der Waals surface area contributed by atoms with Gasteiger partial charge in [-0.05, 0) is 33.9 Å². The Morgan fingerprint density at radius 3 is 2.33 bits per heavy atom. The third-order valence-corrected chi connectivity index (χ3v) is 7.38. The lowest BCUT2D eigenvalue weighted by Gasteiger charge is -2.29. The van der Waals surface area contributed by atoms with Crippen molar-refractivity contribution in [3.8, 4) is 17.4 Å². The van der Waals surface area contributed by atoms with Crippen molar-refractivity contribution in [2.75, 3.05) is 0 Å². The summed E-state index contributed by atoms with van der Waals surface area (Å²) >= 11 is 0. The molecule has 6 nitrogen and oxygen atoms in total. The van der Waals surface area contributed by atoms with Gasteiger partial charge in [0.15, 0.2) is 11.5 Å². The molecule has 1 aliphatic rings. The van der Waals surface area contributed by atoms with Crippen molar-refractivity contribution in [3.05, 3.63) is 138 Å². The zero-order chi connectivity index (χ0) is 25.8. The molecule has 2 aromatic heterocycles. The van der Waals surface area contributed by atoms with E-state index in [1.54, 1.807) is 10.8 Å². The van der Waals surface area contributed by atoms with Gasteiger partial charge >= 0.3 is 0 Å². The third-order valence-electron chi connectivity index (χ3n) is 7.38. The summed E-state index contributed by atoms with van der Waals surface area (Å²) in [5.41, 5.74) is 3.87. The second-order valence-corrected chi connectivity index (χ2v) is 9.67. The molecule has 39 heavy (non-hydrogen) atoms. The van der Waals surface area contributed by atoms with Gasteiger partial charge in [-0.2, -0.15) is 0 Å². The van der Waals surface area contributed by atoms with E-state index in [9.17, 15) is 0 Å². The molecule has 0 fully saturated rings. The van der Waals surface area contributed by atoms with Crippen LogP contribution in [0, 0.1) is 0 Å². The second-order valence-electron chi connectivity index (χ2n) is 9.67. The van der Waals surface area contributed by atoms with Gasteiger partial charge in [0.05, 0.1) is 5.56 Å². The largest absolute Gasteiger partial charge is 0.485 e. The first kappa shape index (κ1) is 21.8. The minimum atomic E-state index is -0.122. The van der Waals surface area contributed by atoms with Crippen LogP contribution in [0.25, 0.3) is 27.2 Å². The molecule has 0 saturated heterocycles. The van der Waals surface area contributed by atoms with Crippen LogP contribution in [-0.4, -0.2) is 19.6 Å². The summed E-state index contributed by atoms with van der Waals surface area (Å²) in [5.74, 6) is 2.62. The van der Waals surface area contributed by atoms with Crippen LogP contribution in [-0.2, 0) is 6.61 Å². The number of rotatable bonds is 4. The Hall–Kier alpha value is -5.23. The van der Waals surface area contributed by atoms with Crippen molar-refractivity contribution in [1.29, 1.82) is 0 Å². The Kier molecular flexibility index (Phi) is 4.85. The van der Waals surface area contributed by atoms with E-state index in [1.165, 1.54) is 0 Å². The number of ether oxygens (including phenoxy) is 2. The Morgan fingerprint density at radius 1 is 0.718 bits per heavy atom. The normalized spacial score (nSPS) is 14.2. The molecule has 186 valence electrons. The maximum atomic E-state index is 6.41. The molecule has 8 rings (SSSR count). The van der Waals surface area contributed by atoms with Gasteiger partial charge in [0.1, 0.15) is 24.4 Å². The molecule has 7 aromatic rings. The lowest BCUT2D eigenvalue weighted by atomic mass is 9.81. The van der Waals surface area contributed by atoms with Gasteiger partial charge in [-0.25, -0.2) is 14.5 Å². The van der Waals surface area contributed by atoms with Crippen LogP contribution in [0.1, 0.15) is 28.4 Å². The summed E-state index contributed by atoms with van der Waals surface area (Å²) in [4.78, 5) is 9.63. The third kappa shape index (κ3) is 3.53. The first-order chi connectivity index (χ1) is 19.3. The fourth-order valence-corrected chi connectivity index (χ4v) is 5.65. The molecule has 1 unspecified atom stereocenters. The molecule has 0 radical (unpaired) electrons. The predicted octanol–water partition coefficient (Wildman–Crippen LogP) is 7.30. The van der Waals surface area contributed by atoms with Crippen LogP contribution >= 0.6 is 0 Å². The zero-order valence-electron chi connectivity index (χ0n) is 20.9. The monoisotopic (exact) mass is 506 g/mol. The van der Waals surface area contributed by atoms with Crippen molar-refractivity contribution in [2.45, 2.75) is 12.5 Å². The Labute approximate surface area is 224 Å². The summed E-state index contributed by atoms with van der Waals surface area (Å²) in [5, 5.41) is 9.22. The topological polar surface area (TPSA) is 61.5 Å². The van der Waals surface area contributed by atoms with E-state index in [-0.39, 0.29) is 12.5 Å². The van der Waals surface area contributed by atoms with Gasteiger partial charge in [-0.15, -0.1) is 5.10 Å². The van der Waals surface area contributed by atoms with E-state index in [2.05, 4.69) is 77.8 Å². The molecule has 0 spiro atoms. The van der Waals surface area contributed by atoms with E-state index < -0.39 is 0 Å². The lowest BCUT2D eigenvalue weighted by Crippen LogP contribution is -2.15. The standard InChI is InChI=1S/C33H22N4O2/c1-2-11-23(12-3-1)29-30-25-15-7-5-10-22(25)17-18-27(30)39-33-31(29)32-35-28(36-37(32)20-34-33)19-38-26-16-8-13-21-9-4-6-14-24(21)26/h1-18,20,29H,19H2. The number of benzene rings is 5. The Balaban J connectivity index is 1.27. The molecule has 3 heterocycles. The van der Waals surface area contributed by atoms with Crippen LogP contribution in [0.5, 0.6) is 17.4 Å². The van der Waals surface area contributed by atoms with Gasteiger partial charge in [-0.3, -0.25) is 0 Å². The average Bonchev–Trinajstić information content (AvgIpc) is 3.42. The highest BCUT2D eigenvalue weighted by atomic mass is 16.5. The zero-order valence-corrected chi connectivity index (χ0v) is 20.9. The van der Waals surface area contributed by atoms with Crippen LogP contribution in [0.4, 0.5) is 0 Å². The molecule has 0 amide bonds. The van der Waals surface area contributed by atoms with E-state index in [1.807, 2.05) is 36.4 Å². The maximum absolute atomic E-state index is 6.41. The number of hydrogen-bond acceptors (Lipinski definition) is 5. The number of fused-ring (bicyclic) bond motifs is 7. The quantitative estimate of drug-likeness (QED) is 0.251. The molecular formula is C33H22N4O2. The highest BCUT2D eigenvalue weighted by Gasteiger charge is 2.34. The predicted molar refractivity (Wildman–Crippen MR) is 150 cm³/mol. The first-order valence-corrected chi connectivity index (χ1v) is 12.9. The van der Waals surface area contributed by atoms with E-state index >= 15 is 0 Å². The second kappa shape index (κ2) is 8.67. The highest BCUT2D eigenvalue weighted by molar-refractivity contribution is 5.91. The van der Waals surface area contributed by atoms with Gasteiger partial charge in [0.2, 0.25) is 5.88 Å². The number of nitrogens with zero attached hydrogens (tertiary/aromatic N) is 4. The minimum Gasteiger partial charge on any atom is -0.485 e. The van der Waals surface area contributed by atoms with Crippen molar-refractivity contribution >= 4 is 27.2 Å². The fraction of sp³-hybridized carbons (Fsp3) is 0.0606. The van der Waals surface area contributed by atoms with E-state index in [0.717, 1.165) is 49.7 Å². The summed E-state index contributed by atoms with van der Waals surface area (Å²) in [6.45, 7) is 0.237. The minimum absolute atomic E-state index is 0.122. The summed E-state index contributed by atoms with van der Waals surface area (Å²) < 4.78 is 14.4. The molecule has 6 heteroatoms. The van der Waals surface area contributed by atoms with Crippen molar-refractivity contribution in [2.24, 2.45) is 0 Å². The fourth-order valence-electron chi connectivity index (χ4n) is 5.65. The van der Waals surface area contributed by atoms with Crippen molar-refractivity contribution in [1.82, 2.24) is 19.6 Å². The van der Waals surface area contributed by atoms with Crippen LogP contribution < -0.4 is 9.47 Å². The summed E-state index contributed by atoms with van der Waals surface area (Å²) in [6.07, 6.45) is 1.66. The molecule has 1 atom stereocenters. The van der Waals surface area contributed by atoms with Crippen LogP contribution in [0.2, 0.25) is 0 Å². The average molecular weight is 507 g/mol. The van der Waals surface area contributed by atoms with Gasteiger partial charge in [0, 0.05) is 16.9 Å². The Bertz CT molecular complexity index is 2010. The summed E-state index contributed by atoms with van der Waals surface area (Å²) in [6, 6.07) is 37.2. The molecular weight excluding hydrogens is 484 g/mol. The molecule has 5 aromatic carbocycles. The van der Waals surface area contributed by atoms with Gasteiger partial charge < -0.3 is 9.47 Å². The lowest BCUT2D eigenvalue weighted by molar-refractivity contribution is 0.299. The van der Waals surface area contributed by atoms with Crippen LogP contribution in [0.15, 0.2) is 116 Å². The number of aromatic nitrogens is 4. The molecule has 1 aliphatic heterocycles. The van der Waals surface area contributed by atoms with Crippen molar-refractivity contribution in [3.63, 3.8) is 0 Å². The van der Waals surface area contributed by atoms with Gasteiger partial charge in [0.25, 0.3) is 0 Å². The maximum Gasteiger partial charge on any atom is 0.228 e. The smallest absolute Gasteiger partial charge is 0.228 e. The Morgan fingerprint density at radius 2 is 1.46 bits per heavy atom. The highest BCUT2D eigenvalue weighted by Crippen LogP contribution is 2.50. The van der Waals surface area contributed by atoms with E-state index in [4.69, 9.17) is 19.6 Å². The van der Waals surface area contributed by atoms with Crippen molar-refractivity contribution < 1.29 is 9.47 Å². The molecule has 0 aliphatic carbocycles. The van der Waals surface area contributed by atoms with E-state index in [0.29, 0.717) is 17.4 Å². The molecule has 0 N–H and O–H groups in total. The first-order valence-electron chi connectivity index (χ1n) is 12.9.